The van der Waals surface area contributed by atoms with Crippen LogP contribution in [0.4, 0.5) is 5.69 Å². The highest BCUT2D eigenvalue weighted by Crippen LogP contribution is 2.44. The fraction of sp³-hybridized carbons (Fsp3) is 0.250. The second kappa shape index (κ2) is 6.15. The third-order valence-electron chi connectivity index (χ3n) is 3.73. The van der Waals surface area contributed by atoms with Crippen molar-refractivity contribution in [3.8, 4) is 5.75 Å². The molecule has 0 aliphatic carbocycles. The van der Waals surface area contributed by atoms with Gasteiger partial charge >= 0.3 is 11.9 Å². The second-order valence-electron chi connectivity index (χ2n) is 5.12. The first kappa shape index (κ1) is 15.7. The number of rotatable bonds is 4. The molecule has 8 heteroatoms. The van der Waals surface area contributed by atoms with Crippen LogP contribution in [-0.4, -0.2) is 23.5 Å². The van der Waals surface area contributed by atoms with E-state index in [1.807, 2.05) is 0 Å². The number of carbonyl (C=O) groups is 2. The molecule has 24 heavy (non-hydrogen) atoms. The van der Waals surface area contributed by atoms with Gasteiger partial charge in [-0.2, -0.15) is 0 Å². The van der Waals surface area contributed by atoms with E-state index in [9.17, 15) is 19.7 Å². The van der Waals surface area contributed by atoms with Gasteiger partial charge in [0.05, 0.1) is 23.7 Å². The average Bonchev–Trinajstić information content (AvgIpc) is 3.07. The van der Waals surface area contributed by atoms with Crippen LogP contribution in [0.3, 0.4) is 0 Å². The number of nitro groups is 1. The number of furan rings is 1. The van der Waals surface area contributed by atoms with E-state index in [1.165, 1.54) is 24.5 Å². The summed E-state index contributed by atoms with van der Waals surface area (Å²) in [6, 6.07) is 7.05. The number of ether oxygens (including phenoxy) is 2. The largest absolute Gasteiger partial charge is 0.469 e. The summed E-state index contributed by atoms with van der Waals surface area (Å²) >= 11 is 0. The van der Waals surface area contributed by atoms with E-state index >= 15 is 0 Å². The maximum atomic E-state index is 12.3. The Morgan fingerprint density at radius 2 is 2.17 bits per heavy atom. The highest BCUT2D eigenvalue weighted by Gasteiger charge is 2.46. The van der Waals surface area contributed by atoms with E-state index < -0.39 is 28.7 Å². The molecule has 0 bridgehead atoms. The lowest BCUT2D eigenvalue weighted by Crippen LogP contribution is -2.38. The third kappa shape index (κ3) is 2.62. The molecule has 0 spiro atoms. The molecule has 0 unspecified atom stereocenters. The van der Waals surface area contributed by atoms with Gasteiger partial charge in [-0.3, -0.25) is 19.7 Å². The SMILES string of the molecule is CCOC(=O)[C@H]1C(=O)Oc2ccc([N+](=O)[O-])cc2[C@@H]1c1ccco1. The Labute approximate surface area is 136 Å². The molecule has 3 rings (SSSR count). The molecular weight excluding hydrogens is 318 g/mol. The standard InChI is InChI=1S/C16H13NO7/c1-2-22-15(18)14-13(12-4-3-7-23-12)10-8-9(17(20)21)5-6-11(10)24-16(14)19/h3-8,13-14H,2H2,1H3/t13-,14+/m1/s1. The zero-order chi connectivity index (χ0) is 17.3. The monoisotopic (exact) mass is 331 g/mol. The predicted octanol–water partition coefficient (Wildman–Crippen LogP) is 2.42. The Morgan fingerprint density at radius 3 is 2.79 bits per heavy atom. The first-order valence-electron chi connectivity index (χ1n) is 7.23. The second-order valence-corrected chi connectivity index (χ2v) is 5.12. The van der Waals surface area contributed by atoms with Gasteiger partial charge in [0.25, 0.3) is 5.69 Å². The molecule has 2 atom stereocenters. The Morgan fingerprint density at radius 1 is 1.38 bits per heavy atom. The van der Waals surface area contributed by atoms with Crippen molar-refractivity contribution in [3.63, 3.8) is 0 Å². The summed E-state index contributed by atoms with van der Waals surface area (Å²) in [7, 11) is 0. The number of fused-ring (bicyclic) bond motifs is 1. The predicted molar refractivity (Wildman–Crippen MR) is 79.4 cm³/mol. The van der Waals surface area contributed by atoms with Gasteiger partial charge in [0.2, 0.25) is 0 Å². The van der Waals surface area contributed by atoms with Crippen LogP contribution in [-0.2, 0) is 14.3 Å². The van der Waals surface area contributed by atoms with Crippen LogP contribution in [0.2, 0.25) is 0 Å². The van der Waals surface area contributed by atoms with Crippen molar-refractivity contribution in [1.29, 1.82) is 0 Å². The molecule has 1 aliphatic rings. The number of carbonyl (C=O) groups excluding carboxylic acids is 2. The molecule has 2 heterocycles. The highest BCUT2D eigenvalue weighted by molar-refractivity contribution is 5.99. The zero-order valence-electron chi connectivity index (χ0n) is 12.6. The minimum Gasteiger partial charge on any atom is -0.469 e. The van der Waals surface area contributed by atoms with Crippen LogP contribution in [0.15, 0.2) is 41.0 Å². The maximum Gasteiger partial charge on any atom is 0.326 e. The molecule has 124 valence electrons. The van der Waals surface area contributed by atoms with Gasteiger partial charge in [-0.05, 0) is 25.1 Å². The molecule has 0 radical (unpaired) electrons. The molecule has 1 aromatic heterocycles. The van der Waals surface area contributed by atoms with E-state index in [0.29, 0.717) is 11.3 Å². The summed E-state index contributed by atoms with van der Waals surface area (Å²) in [4.78, 5) is 35.0. The van der Waals surface area contributed by atoms with Gasteiger partial charge in [0, 0.05) is 17.7 Å². The van der Waals surface area contributed by atoms with Crippen LogP contribution in [0.25, 0.3) is 0 Å². The number of nitrogens with zero attached hydrogens (tertiary/aromatic N) is 1. The molecular formula is C16H13NO7. The average molecular weight is 331 g/mol. The van der Waals surface area contributed by atoms with Crippen molar-refractivity contribution in [2.45, 2.75) is 12.8 Å². The zero-order valence-corrected chi connectivity index (χ0v) is 12.6. The van der Waals surface area contributed by atoms with Gasteiger partial charge in [-0.1, -0.05) is 0 Å². The first-order chi connectivity index (χ1) is 11.5. The minimum atomic E-state index is -1.29. The number of esters is 2. The lowest BCUT2D eigenvalue weighted by molar-refractivity contribution is -0.385. The van der Waals surface area contributed by atoms with E-state index in [1.54, 1.807) is 19.1 Å². The topological polar surface area (TPSA) is 109 Å². The number of nitro benzene ring substituents is 1. The fourth-order valence-corrected chi connectivity index (χ4v) is 2.72. The molecule has 1 aromatic carbocycles. The molecule has 8 nitrogen and oxygen atoms in total. The van der Waals surface area contributed by atoms with Crippen LogP contribution >= 0.6 is 0 Å². The number of benzene rings is 1. The van der Waals surface area contributed by atoms with Gasteiger partial charge < -0.3 is 13.9 Å². The molecule has 1 aliphatic heterocycles. The number of hydrogen-bond acceptors (Lipinski definition) is 7. The Bertz CT molecular complexity index is 797. The Hall–Kier alpha value is -3.16. The number of hydrogen-bond donors (Lipinski definition) is 0. The van der Waals surface area contributed by atoms with Crippen molar-refractivity contribution in [1.82, 2.24) is 0 Å². The van der Waals surface area contributed by atoms with Crippen molar-refractivity contribution in [2.24, 2.45) is 5.92 Å². The Kier molecular flexibility index (Phi) is 4.03. The molecule has 0 fully saturated rings. The van der Waals surface area contributed by atoms with E-state index in [0.717, 1.165) is 0 Å². The lowest BCUT2D eigenvalue weighted by atomic mass is 9.81. The first-order valence-corrected chi connectivity index (χ1v) is 7.23. The van der Waals surface area contributed by atoms with Crippen molar-refractivity contribution in [2.75, 3.05) is 6.61 Å². The minimum absolute atomic E-state index is 0.0925. The van der Waals surface area contributed by atoms with Crippen molar-refractivity contribution in [3.05, 3.63) is 58.0 Å². The molecule has 0 N–H and O–H groups in total. The van der Waals surface area contributed by atoms with E-state index in [4.69, 9.17) is 13.9 Å². The summed E-state index contributed by atoms with van der Waals surface area (Å²) in [5.74, 6) is -3.20. The highest BCUT2D eigenvalue weighted by atomic mass is 16.6. The van der Waals surface area contributed by atoms with Gasteiger partial charge in [0.1, 0.15) is 11.5 Å². The van der Waals surface area contributed by atoms with Gasteiger partial charge in [-0.15, -0.1) is 0 Å². The van der Waals surface area contributed by atoms with E-state index in [2.05, 4.69) is 0 Å². The van der Waals surface area contributed by atoms with Gasteiger partial charge in [-0.25, -0.2) is 0 Å². The van der Waals surface area contributed by atoms with Crippen LogP contribution in [0, 0.1) is 16.0 Å². The summed E-state index contributed by atoms with van der Waals surface area (Å²) in [6.45, 7) is 1.71. The van der Waals surface area contributed by atoms with Crippen molar-refractivity contribution < 1.29 is 28.4 Å². The quantitative estimate of drug-likeness (QED) is 0.278. The normalized spacial score (nSPS) is 19.3. The summed E-state index contributed by atoms with van der Waals surface area (Å²) in [6.07, 6.45) is 1.40. The molecule has 0 saturated carbocycles. The maximum absolute atomic E-state index is 12.3. The van der Waals surface area contributed by atoms with E-state index in [-0.39, 0.29) is 18.0 Å². The van der Waals surface area contributed by atoms with Gasteiger partial charge in [0.15, 0.2) is 5.92 Å². The summed E-state index contributed by atoms with van der Waals surface area (Å²) in [5.41, 5.74) is 0.155. The summed E-state index contributed by atoms with van der Waals surface area (Å²) in [5, 5.41) is 11.0. The number of non-ortho nitro benzene ring substituents is 1. The fourth-order valence-electron chi connectivity index (χ4n) is 2.72. The molecule has 0 saturated heterocycles. The molecule has 2 aromatic rings. The summed E-state index contributed by atoms with van der Waals surface area (Å²) < 4.78 is 15.5. The van der Waals surface area contributed by atoms with Crippen LogP contribution in [0.5, 0.6) is 5.75 Å². The molecule has 0 amide bonds. The van der Waals surface area contributed by atoms with Crippen LogP contribution in [0.1, 0.15) is 24.2 Å². The lowest BCUT2D eigenvalue weighted by Gasteiger charge is -2.29. The smallest absolute Gasteiger partial charge is 0.326 e. The van der Waals surface area contributed by atoms with Crippen molar-refractivity contribution >= 4 is 17.6 Å². The third-order valence-corrected chi connectivity index (χ3v) is 3.73. The Balaban J connectivity index is 2.16. The van der Waals surface area contributed by atoms with Crippen LogP contribution < -0.4 is 4.74 Å².